The third-order valence-corrected chi connectivity index (χ3v) is 5.97. The molecule has 1 unspecified atom stereocenters. The van der Waals surface area contributed by atoms with Gasteiger partial charge in [0.1, 0.15) is 5.65 Å². The van der Waals surface area contributed by atoms with E-state index >= 15 is 0 Å². The highest BCUT2D eigenvalue weighted by Crippen LogP contribution is 2.26. The molecule has 0 aliphatic carbocycles. The molecule has 5 rings (SSSR count). The van der Waals surface area contributed by atoms with E-state index in [1.165, 1.54) is 11.3 Å². The largest absolute Gasteiger partial charge is 0.350 e. The Morgan fingerprint density at radius 3 is 3.09 bits per heavy atom. The van der Waals surface area contributed by atoms with Gasteiger partial charge < -0.3 is 10.1 Å². The predicted octanol–water partition coefficient (Wildman–Crippen LogP) is 4.09. The van der Waals surface area contributed by atoms with Gasteiger partial charge in [0.15, 0.2) is 6.29 Å². The average Bonchev–Trinajstić information content (AvgIpc) is 3.42. The monoisotopic (exact) mass is 450 g/mol. The minimum absolute atomic E-state index is 0.320. The lowest BCUT2D eigenvalue weighted by Gasteiger charge is -2.21. The van der Waals surface area contributed by atoms with Crippen molar-refractivity contribution in [2.75, 3.05) is 11.9 Å². The maximum absolute atomic E-state index is 12.4. The zero-order valence-corrected chi connectivity index (χ0v) is 18.3. The Morgan fingerprint density at radius 2 is 2.22 bits per heavy atom. The van der Waals surface area contributed by atoms with Gasteiger partial charge in [0, 0.05) is 30.8 Å². The first-order valence-electron chi connectivity index (χ1n) is 10.4. The summed E-state index contributed by atoms with van der Waals surface area (Å²) < 4.78 is 7.46. The van der Waals surface area contributed by atoms with Crippen LogP contribution in [0.15, 0.2) is 48.1 Å². The minimum atomic E-state index is -0.386. The van der Waals surface area contributed by atoms with Gasteiger partial charge in [0.05, 0.1) is 27.6 Å². The molecule has 5 heterocycles. The van der Waals surface area contributed by atoms with E-state index in [0.717, 1.165) is 47.0 Å². The van der Waals surface area contributed by atoms with E-state index in [2.05, 4.69) is 25.7 Å². The van der Waals surface area contributed by atoms with Gasteiger partial charge in [-0.15, -0.1) is 11.3 Å². The molecule has 1 fully saturated rings. The van der Waals surface area contributed by atoms with Gasteiger partial charge >= 0.3 is 0 Å². The summed E-state index contributed by atoms with van der Waals surface area (Å²) in [5.41, 5.74) is 6.38. The van der Waals surface area contributed by atoms with Crippen molar-refractivity contribution in [3.8, 4) is 11.4 Å². The Balaban J connectivity index is 1.29. The number of nitrogens with one attached hydrogen (secondary N) is 2. The molecule has 4 aromatic rings. The number of carbonyl (C=O) groups is 1. The van der Waals surface area contributed by atoms with Gasteiger partial charge in [-0.25, -0.2) is 25.3 Å². The standard InChI is InChI=1S/C22H22N6O3S/c1-14-20(28-10-4-2-6-17(28)24-14)16-8-9-23-22(25-16)26-18-12-15(13-32-18)21(29)27-31-19-7-3-5-11-30-19/h2,4,6,8-10,12-13,19H,3,5,7,11H2,1H3,(H,27,29)(H,23,25,26). The van der Waals surface area contributed by atoms with Crippen LogP contribution in [-0.2, 0) is 9.57 Å². The van der Waals surface area contributed by atoms with Crippen molar-refractivity contribution < 1.29 is 14.4 Å². The smallest absolute Gasteiger partial charge is 0.275 e. The molecule has 4 aromatic heterocycles. The van der Waals surface area contributed by atoms with Gasteiger partial charge in [0.25, 0.3) is 5.91 Å². The van der Waals surface area contributed by atoms with E-state index < -0.39 is 0 Å². The van der Waals surface area contributed by atoms with Crippen LogP contribution in [0.1, 0.15) is 35.3 Å². The number of aryl methyl sites for hydroxylation is 1. The Morgan fingerprint density at radius 1 is 1.28 bits per heavy atom. The molecule has 0 radical (unpaired) electrons. The van der Waals surface area contributed by atoms with Crippen molar-refractivity contribution in [2.24, 2.45) is 0 Å². The first kappa shape index (κ1) is 20.6. The topological polar surface area (TPSA) is 103 Å². The quantitative estimate of drug-likeness (QED) is 0.427. The fraction of sp³-hybridized carbons (Fsp3) is 0.273. The second kappa shape index (κ2) is 9.03. The maximum atomic E-state index is 12.4. The Kier molecular flexibility index (Phi) is 5.80. The Labute approximate surface area is 188 Å². The van der Waals surface area contributed by atoms with Gasteiger partial charge in [0.2, 0.25) is 5.95 Å². The van der Waals surface area contributed by atoms with Gasteiger partial charge in [-0.3, -0.25) is 9.20 Å². The lowest BCUT2D eigenvalue weighted by Crippen LogP contribution is -2.32. The van der Waals surface area contributed by atoms with Crippen molar-refractivity contribution in [2.45, 2.75) is 32.5 Å². The normalized spacial score (nSPS) is 16.2. The van der Waals surface area contributed by atoms with Crippen molar-refractivity contribution in [1.29, 1.82) is 0 Å². The number of amides is 1. The highest BCUT2D eigenvalue weighted by molar-refractivity contribution is 7.14. The molecule has 0 aromatic carbocycles. The number of imidazole rings is 1. The fourth-order valence-corrected chi connectivity index (χ4v) is 4.36. The number of hydrogen-bond donors (Lipinski definition) is 2. The van der Waals surface area contributed by atoms with Crippen LogP contribution in [-0.4, -0.2) is 38.2 Å². The first-order valence-corrected chi connectivity index (χ1v) is 11.3. The Hall–Kier alpha value is -3.34. The number of hydrogen-bond acceptors (Lipinski definition) is 8. The average molecular weight is 451 g/mol. The molecular weight excluding hydrogens is 428 g/mol. The van der Waals surface area contributed by atoms with Crippen LogP contribution in [0, 0.1) is 6.92 Å². The summed E-state index contributed by atoms with van der Waals surface area (Å²) in [5.74, 6) is 0.118. The number of thiophene rings is 1. The number of anilines is 2. The van der Waals surface area contributed by atoms with E-state index in [4.69, 9.17) is 9.57 Å². The molecule has 1 aliphatic heterocycles. The number of ether oxygens (including phenoxy) is 1. The Bertz CT molecular complexity index is 1250. The molecule has 0 spiro atoms. The maximum Gasteiger partial charge on any atom is 0.275 e. The molecular formula is C22H22N6O3S. The number of rotatable bonds is 6. The molecule has 9 nitrogen and oxygen atoms in total. The second-order valence-electron chi connectivity index (χ2n) is 7.41. The number of nitrogens with zero attached hydrogens (tertiary/aromatic N) is 4. The SMILES string of the molecule is Cc1nc2ccccn2c1-c1ccnc(Nc2cc(C(=O)NOC3CCCCO3)cs2)n1. The molecule has 1 amide bonds. The van der Waals surface area contributed by atoms with Crippen LogP contribution in [0.4, 0.5) is 10.9 Å². The van der Waals surface area contributed by atoms with E-state index in [1.807, 2.05) is 41.8 Å². The minimum Gasteiger partial charge on any atom is -0.350 e. The van der Waals surface area contributed by atoms with E-state index in [9.17, 15) is 4.79 Å². The van der Waals surface area contributed by atoms with Crippen molar-refractivity contribution in [3.63, 3.8) is 0 Å². The molecule has 32 heavy (non-hydrogen) atoms. The molecule has 1 atom stereocenters. The molecule has 164 valence electrons. The molecule has 2 N–H and O–H groups in total. The zero-order valence-electron chi connectivity index (χ0n) is 17.4. The van der Waals surface area contributed by atoms with Gasteiger partial charge in [-0.1, -0.05) is 6.07 Å². The van der Waals surface area contributed by atoms with Crippen LogP contribution < -0.4 is 10.8 Å². The molecule has 10 heteroatoms. The van der Waals surface area contributed by atoms with Crippen LogP contribution in [0.3, 0.4) is 0 Å². The number of hydroxylamine groups is 1. The summed E-state index contributed by atoms with van der Waals surface area (Å²) in [6.07, 6.45) is 6.10. The van der Waals surface area contributed by atoms with E-state index in [-0.39, 0.29) is 12.2 Å². The zero-order chi connectivity index (χ0) is 21.9. The lowest BCUT2D eigenvalue weighted by molar-refractivity contribution is -0.186. The number of carbonyl (C=O) groups excluding carboxylic acids is 1. The highest BCUT2D eigenvalue weighted by Gasteiger charge is 2.17. The van der Waals surface area contributed by atoms with Crippen LogP contribution >= 0.6 is 11.3 Å². The number of aromatic nitrogens is 4. The summed E-state index contributed by atoms with van der Waals surface area (Å²) >= 11 is 1.39. The summed E-state index contributed by atoms with van der Waals surface area (Å²) in [6, 6.07) is 9.46. The van der Waals surface area contributed by atoms with E-state index in [0.29, 0.717) is 18.1 Å². The second-order valence-corrected chi connectivity index (χ2v) is 8.32. The van der Waals surface area contributed by atoms with Crippen LogP contribution in [0.25, 0.3) is 17.0 Å². The summed E-state index contributed by atoms with van der Waals surface area (Å²) in [6.45, 7) is 2.61. The fourth-order valence-electron chi connectivity index (χ4n) is 3.59. The lowest BCUT2D eigenvalue weighted by atomic mass is 10.2. The number of fused-ring (bicyclic) bond motifs is 1. The highest BCUT2D eigenvalue weighted by atomic mass is 32.1. The molecule has 1 aliphatic rings. The van der Waals surface area contributed by atoms with Gasteiger partial charge in [-0.05, 0) is 44.0 Å². The van der Waals surface area contributed by atoms with Crippen LogP contribution in [0.5, 0.6) is 0 Å². The first-order chi connectivity index (χ1) is 15.7. The van der Waals surface area contributed by atoms with Crippen LogP contribution in [0.2, 0.25) is 0 Å². The van der Waals surface area contributed by atoms with E-state index in [1.54, 1.807) is 17.6 Å². The van der Waals surface area contributed by atoms with Gasteiger partial charge in [-0.2, -0.15) is 0 Å². The van der Waals surface area contributed by atoms with Crippen molar-refractivity contribution in [3.05, 3.63) is 59.4 Å². The summed E-state index contributed by atoms with van der Waals surface area (Å²) in [5, 5.41) is 5.67. The summed E-state index contributed by atoms with van der Waals surface area (Å²) in [4.78, 5) is 31.3. The third-order valence-electron chi connectivity index (χ3n) is 5.12. The molecule has 0 saturated carbocycles. The summed E-state index contributed by atoms with van der Waals surface area (Å²) in [7, 11) is 0. The van der Waals surface area contributed by atoms with Crippen molar-refractivity contribution in [1.82, 2.24) is 24.8 Å². The van der Waals surface area contributed by atoms with Crippen molar-refractivity contribution >= 4 is 33.8 Å². The molecule has 0 bridgehead atoms. The number of pyridine rings is 1. The third kappa shape index (κ3) is 4.33. The predicted molar refractivity (Wildman–Crippen MR) is 121 cm³/mol. The molecule has 1 saturated heterocycles.